The summed E-state index contributed by atoms with van der Waals surface area (Å²) in [6.45, 7) is 1.70. The summed E-state index contributed by atoms with van der Waals surface area (Å²) in [4.78, 5) is 22.7. The van der Waals surface area contributed by atoms with Gasteiger partial charge in [-0.1, -0.05) is 23.7 Å². The average molecular weight is 365 g/mol. The van der Waals surface area contributed by atoms with Gasteiger partial charge in [-0.3, -0.25) is 14.9 Å². The van der Waals surface area contributed by atoms with Crippen LogP contribution in [0.25, 0.3) is 0 Å². The van der Waals surface area contributed by atoms with Crippen LogP contribution < -0.4 is 14.8 Å². The van der Waals surface area contributed by atoms with Gasteiger partial charge in [0.05, 0.1) is 35.8 Å². The molecule has 7 nitrogen and oxygen atoms in total. The second-order valence-electron chi connectivity index (χ2n) is 5.25. The Morgan fingerprint density at radius 3 is 2.28 bits per heavy atom. The molecule has 1 N–H and O–H groups in total. The van der Waals surface area contributed by atoms with Gasteiger partial charge in [-0.2, -0.15) is 0 Å². The predicted molar refractivity (Wildman–Crippen MR) is 94.7 cm³/mol. The topological polar surface area (TPSA) is 90.7 Å². The normalized spacial score (nSPS) is 11.5. The lowest BCUT2D eigenvalue weighted by atomic mass is 10.00. The van der Waals surface area contributed by atoms with E-state index in [-0.39, 0.29) is 11.6 Å². The quantitative estimate of drug-likeness (QED) is 0.617. The number of anilines is 1. The average Bonchev–Trinajstić information content (AvgIpc) is 2.61. The smallest absolute Gasteiger partial charge is 0.269 e. The molecule has 0 heterocycles. The van der Waals surface area contributed by atoms with E-state index in [0.29, 0.717) is 27.8 Å². The zero-order chi connectivity index (χ0) is 18.6. The number of rotatable bonds is 6. The number of nitro groups is 1. The van der Waals surface area contributed by atoms with Gasteiger partial charge in [-0.05, 0) is 18.6 Å². The van der Waals surface area contributed by atoms with Crippen molar-refractivity contribution in [3.8, 4) is 11.5 Å². The molecular weight excluding hydrogens is 348 g/mol. The molecule has 0 saturated carbocycles. The molecule has 0 saturated heterocycles. The molecule has 25 heavy (non-hydrogen) atoms. The second-order valence-corrected chi connectivity index (χ2v) is 5.65. The monoisotopic (exact) mass is 364 g/mol. The van der Waals surface area contributed by atoms with Crippen molar-refractivity contribution in [3.63, 3.8) is 0 Å². The summed E-state index contributed by atoms with van der Waals surface area (Å²) in [6, 6.07) is 8.96. The van der Waals surface area contributed by atoms with Crippen molar-refractivity contribution in [1.29, 1.82) is 0 Å². The highest BCUT2D eigenvalue weighted by atomic mass is 35.5. The number of carbonyl (C=O) groups is 1. The number of ether oxygens (including phenoxy) is 2. The molecule has 0 aromatic heterocycles. The molecule has 2 aromatic rings. The first-order valence-electron chi connectivity index (χ1n) is 7.34. The fraction of sp³-hybridized carbons (Fsp3) is 0.235. The lowest BCUT2D eigenvalue weighted by Gasteiger charge is -2.16. The summed E-state index contributed by atoms with van der Waals surface area (Å²) in [5.41, 5.74) is 1.04. The molecule has 0 aliphatic carbocycles. The minimum atomic E-state index is -0.522. The molecule has 2 rings (SSSR count). The number of non-ortho nitro benzene ring substituents is 1. The number of methoxy groups -OCH3 is 2. The highest BCUT2D eigenvalue weighted by molar-refractivity contribution is 6.32. The number of halogens is 1. The highest BCUT2D eigenvalue weighted by Crippen LogP contribution is 2.36. The number of carbonyl (C=O) groups excluding carboxylic acids is 1. The third kappa shape index (κ3) is 4.19. The SMILES string of the molecule is COc1cc(OC)c(NC(=O)[C@@H](C)c2ccc([N+](=O)[O-])cc2)cc1Cl. The van der Waals surface area contributed by atoms with Crippen LogP contribution in [-0.4, -0.2) is 25.1 Å². The lowest BCUT2D eigenvalue weighted by Crippen LogP contribution is -2.19. The molecule has 1 amide bonds. The van der Waals surface area contributed by atoms with Gasteiger partial charge in [0.1, 0.15) is 11.5 Å². The number of nitro benzene ring substituents is 1. The third-order valence-electron chi connectivity index (χ3n) is 3.73. The van der Waals surface area contributed by atoms with Crippen molar-refractivity contribution in [2.24, 2.45) is 0 Å². The maximum Gasteiger partial charge on any atom is 0.269 e. The van der Waals surface area contributed by atoms with Gasteiger partial charge < -0.3 is 14.8 Å². The van der Waals surface area contributed by atoms with Gasteiger partial charge in [-0.25, -0.2) is 0 Å². The van der Waals surface area contributed by atoms with E-state index in [9.17, 15) is 14.9 Å². The Hall–Kier alpha value is -2.80. The number of hydrogen-bond acceptors (Lipinski definition) is 5. The molecule has 1 atom stereocenters. The van der Waals surface area contributed by atoms with Crippen LogP contribution in [0.4, 0.5) is 11.4 Å². The number of nitrogens with one attached hydrogen (secondary N) is 1. The molecular formula is C17H17ClN2O5. The molecule has 0 radical (unpaired) electrons. The Labute approximate surface area is 149 Å². The molecule has 0 unspecified atom stereocenters. The summed E-state index contributed by atoms with van der Waals surface area (Å²) >= 11 is 6.09. The third-order valence-corrected chi connectivity index (χ3v) is 4.02. The van der Waals surface area contributed by atoms with Gasteiger partial charge in [-0.15, -0.1) is 0 Å². The predicted octanol–water partition coefficient (Wildman–Crippen LogP) is 4.01. The Balaban J connectivity index is 2.21. The Morgan fingerprint density at radius 1 is 1.16 bits per heavy atom. The van der Waals surface area contributed by atoms with Gasteiger partial charge in [0, 0.05) is 18.2 Å². The molecule has 0 fully saturated rings. The molecule has 0 aliphatic heterocycles. The van der Waals surface area contributed by atoms with Crippen LogP contribution in [0.15, 0.2) is 36.4 Å². The van der Waals surface area contributed by atoms with Crippen molar-refractivity contribution in [3.05, 3.63) is 57.1 Å². The first kappa shape index (κ1) is 18.5. The summed E-state index contributed by atoms with van der Waals surface area (Å²) in [6.07, 6.45) is 0. The Kier molecular flexibility index (Phi) is 5.82. The van der Waals surface area contributed by atoms with Gasteiger partial charge in [0.25, 0.3) is 5.69 Å². The largest absolute Gasteiger partial charge is 0.495 e. The van der Waals surface area contributed by atoms with Crippen LogP contribution in [0.5, 0.6) is 11.5 Å². The zero-order valence-electron chi connectivity index (χ0n) is 13.9. The summed E-state index contributed by atoms with van der Waals surface area (Å²) in [7, 11) is 2.95. The number of nitrogens with zero attached hydrogens (tertiary/aromatic N) is 1. The fourth-order valence-corrected chi connectivity index (χ4v) is 2.48. The van der Waals surface area contributed by atoms with Crippen LogP contribution in [0, 0.1) is 10.1 Å². The minimum Gasteiger partial charge on any atom is -0.495 e. The number of amides is 1. The summed E-state index contributed by atoms with van der Waals surface area (Å²) in [5, 5.41) is 13.8. The first-order chi connectivity index (χ1) is 11.9. The van der Waals surface area contributed by atoms with E-state index in [2.05, 4.69) is 5.32 Å². The van der Waals surface area contributed by atoms with Crippen molar-refractivity contribution in [2.45, 2.75) is 12.8 Å². The molecule has 0 spiro atoms. The Morgan fingerprint density at radius 2 is 1.76 bits per heavy atom. The van der Waals surface area contributed by atoms with E-state index >= 15 is 0 Å². The maximum absolute atomic E-state index is 12.5. The second kappa shape index (κ2) is 7.85. The summed E-state index contributed by atoms with van der Waals surface area (Å²) < 4.78 is 10.4. The van der Waals surface area contributed by atoms with Crippen molar-refractivity contribution in [2.75, 3.05) is 19.5 Å². The zero-order valence-corrected chi connectivity index (χ0v) is 14.7. The van der Waals surface area contributed by atoms with Gasteiger partial charge in [0.2, 0.25) is 5.91 Å². The minimum absolute atomic E-state index is 0.0278. The van der Waals surface area contributed by atoms with E-state index < -0.39 is 10.8 Å². The van der Waals surface area contributed by atoms with Gasteiger partial charge >= 0.3 is 0 Å². The molecule has 0 bridgehead atoms. The molecule has 0 aliphatic rings. The van der Waals surface area contributed by atoms with Crippen molar-refractivity contribution < 1.29 is 19.2 Å². The summed E-state index contributed by atoms with van der Waals surface area (Å²) in [5.74, 6) is 0.0187. The van der Waals surface area contributed by atoms with Crippen LogP contribution in [0.3, 0.4) is 0 Å². The molecule has 132 valence electrons. The number of benzene rings is 2. The van der Waals surface area contributed by atoms with Crippen LogP contribution in [-0.2, 0) is 4.79 Å². The van der Waals surface area contributed by atoms with Crippen LogP contribution in [0.2, 0.25) is 5.02 Å². The van der Waals surface area contributed by atoms with E-state index in [1.54, 1.807) is 31.2 Å². The van der Waals surface area contributed by atoms with Crippen molar-refractivity contribution in [1.82, 2.24) is 0 Å². The van der Waals surface area contributed by atoms with E-state index in [4.69, 9.17) is 21.1 Å². The van der Waals surface area contributed by atoms with Crippen LogP contribution >= 0.6 is 11.6 Å². The van der Waals surface area contributed by atoms with E-state index in [0.717, 1.165) is 0 Å². The molecule has 2 aromatic carbocycles. The van der Waals surface area contributed by atoms with Gasteiger partial charge in [0.15, 0.2) is 0 Å². The Bertz CT molecular complexity index is 792. The number of hydrogen-bond donors (Lipinski definition) is 1. The lowest BCUT2D eigenvalue weighted by molar-refractivity contribution is -0.384. The fourth-order valence-electron chi connectivity index (χ4n) is 2.23. The highest BCUT2D eigenvalue weighted by Gasteiger charge is 2.19. The standard InChI is InChI=1S/C17H17ClN2O5/c1-10(11-4-6-12(7-5-11)20(22)23)17(21)19-14-8-13(18)15(24-2)9-16(14)25-3/h4-10H,1-3H3,(H,19,21)/t10-/m0/s1. The molecule has 8 heteroatoms. The van der Waals surface area contributed by atoms with Crippen molar-refractivity contribution >= 4 is 28.9 Å². The van der Waals surface area contributed by atoms with Crippen LogP contribution in [0.1, 0.15) is 18.4 Å². The maximum atomic E-state index is 12.5. The first-order valence-corrected chi connectivity index (χ1v) is 7.72. The van der Waals surface area contributed by atoms with E-state index in [1.165, 1.54) is 26.4 Å². The van der Waals surface area contributed by atoms with E-state index in [1.807, 2.05) is 0 Å².